The molecule has 1 aliphatic heterocycles. The highest BCUT2D eigenvalue weighted by Gasteiger charge is 2.43. The normalized spacial score (nSPS) is 19.4. The first-order valence-corrected chi connectivity index (χ1v) is 11.5. The van der Waals surface area contributed by atoms with Gasteiger partial charge in [-0.2, -0.15) is 39.5 Å². The van der Waals surface area contributed by atoms with E-state index in [-0.39, 0.29) is 23.7 Å². The molecule has 0 fully saturated rings. The molecule has 1 amide bonds. The summed E-state index contributed by atoms with van der Waals surface area (Å²) >= 11 is 0. The minimum absolute atomic E-state index is 0.00821. The highest BCUT2D eigenvalue weighted by molar-refractivity contribution is 5.90. The lowest BCUT2D eigenvalue weighted by Gasteiger charge is -2.42. The average Bonchev–Trinajstić information content (AvgIpc) is 2.76. The maximum Gasteiger partial charge on any atom is 0.416 e. The Labute approximate surface area is 212 Å². The third kappa shape index (κ3) is 6.19. The number of halogens is 9. The number of hydrogen-bond acceptors (Lipinski definition) is 3. The van der Waals surface area contributed by atoms with Gasteiger partial charge in [0.05, 0.1) is 28.5 Å². The van der Waals surface area contributed by atoms with Crippen molar-refractivity contribution in [3.63, 3.8) is 0 Å². The zero-order valence-corrected chi connectivity index (χ0v) is 20.4. The van der Waals surface area contributed by atoms with Crippen molar-refractivity contribution in [1.82, 2.24) is 0 Å². The van der Waals surface area contributed by atoms with Gasteiger partial charge in [0.1, 0.15) is 0 Å². The van der Waals surface area contributed by atoms with Crippen LogP contribution in [0, 0.1) is 0 Å². The molecule has 13 heteroatoms. The Hall–Kier alpha value is -2.96. The molecule has 3 rings (SSSR count). The first-order chi connectivity index (χ1) is 17.3. The monoisotopic (exact) mass is 556 g/mol. The fourth-order valence-corrected chi connectivity index (χ4v) is 4.73. The molecule has 0 aromatic heterocycles. The number of benzene rings is 2. The van der Waals surface area contributed by atoms with Crippen molar-refractivity contribution in [2.45, 2.75) is 69.7 Å². The minimum Gasteiger partial charge on any atom is -0.446 e. The van der Waals surface area contributed by atoms with Crippen LogP contribution in [0.4, 0.5) is 50.0 Å². The zero-order chi connectivity index (χ0) is 28.8. The van der Waals surface area contributed by atoms with E-state index < -0.39 is 77.4 Å². The first kappa shape index (κ1) is 29.6. The largest absolute Gasteiger partial charge is 0.446 e. The van der Waals surface area contributed by atoms with Crippen LogP contribution in [-0.2, 0) is 23.3 Å². The second-order valence-corrected chi connectivity index (χ2v) is 9.45. The Bertz CT molecular complexity index is 1140. The number of amides is 1. The third-order valence-electron chi connectivity index (χ3n) is 6.36. The van der Waals surface area contributed by atoms with Crippen molar-refractivity contribution in [1.29, 1.82) is 0 Å². The van der Waals surface area contributed by atoms with Crippen LogP contribution >= 0.6 is 0 Å². The number of carbonyl (C=O) groups is 1. The topological polar surface area (TPSA) is 55.6 Å². The van der Waals surface area contributed by atoms with E-state index in [1.54, 1.807) is 20.8 Å². The lowest BCUT2D eigenvalue weighted by Crippen LogP contribution is -2.45. The van der Waals surface area contributed by atoms with Crippen molar-refractivity contribution < 1.29 is 49.0 Å². The van der Waals surface area contributed by atoms with Crippen LogP contribution in [-0.4, -0.2) is 24.8 Å². The van der Waals surface area contributed by atoms with E-state index in [1.807, 2.05) is 0 Å². The lowest BCUT2D eigenvalue weighted by molar-refractivity contribution is -0.143. The summed E-state index contributed by atoms with van der Waals surface area (Å²) in [6.07, 6.45) is -16.5. The van der Waals surface area contributed by atoms with Gasteiger partial charge in [-0.25, -0.2) is 4.79 Å². The summed E-state index contributed by atoms with van der Waals surface area (Å²) in [5.74, 6) is -2.27. The van der Waals surface area contributed by atoms with E-state index in [4.69, 9.17) is 10.5 Å². The molecule has 1 aliphatic rings. The molecule has 38 heavy (non-hydrogen) atoms. The quantitative estimate of drug-likeness (QED) is 0.393. The van der Waals surface area contributed by atoms with Crippen LogP contribution in [0.1, 0.15) is 66.8 Å². The fourth-order valence-electron chi connectivity index (χ4n) is 4.73. The van der Waals surface area contributed by atoms with E-state index in [2.05, 4.69) is 0 Å². The minimum atomic E-state index is -5.12. The van der Waals surface area contributed by atoms with Crippen molar-refractivity contribution in [3.05, 3.63) is 64.2 Å². The second-order valence-electron chi connectivity index (χ2n) is 9.45. The van der Waals surface area contributed by atoms with Crippen molar-refractivity contribution in [3.8, 4) is 0 Å². The number of alkyl halides is 9. The van der Waals surface area contributed by atoms with E-state index in [0.717, 1.165) is 23.1 Å². The third-order valence-corrected chi connectivity index (χ3v) is 6.36. The number of fused-ring (bicyclic) bond motifs is 1. The molecule has 4 nitrogen and oxygen atoms in total. The second kappa shape index (κ2) is 10.3. The van der Waals surface area contributed by atoms with Crippen molar-refractivity contribution >= 4 is 11.8 Å². The Morgan fingerprint density at radius 3 is 1.89 bits per heavy atom. The molecule has 210 valence electrons. The molecule has 0 bridgehead atoms. The van der Waals surface area contributed by atoms with E-state index in [0.29, 0.717) is 12.1 Å². The summed E-state index contributed by atoms with van der Waals surface area (Å²) in [5.41, 5.74) is 1.14. The van der Waals surface area contributed by atoms with Crippen molar-refractivity contribution in [2.75, 3.05) is 11.4 Å². The number of hydrogen-bond donors (Lipinski definition) is 1. The van der Waals surface area contributed by atoms with Crippen LogP contribution in [0.2, 0.25) is 0 Å². The highest BCUT2D eigenvalue weighted by Crippen LogP contribution is 2.49. The molecule has 0 radical (unpaired) electrons. The SMILES string of the molecule is CC(C)OC(=O)N1c2ccc(C(F)(F)F)cc2[C@@H]([C@H](CN)c2cc(C(F)(F)F)cc(C(F)(F)F)c2)C[C@H]1C. The predicted octanol–water partition coefficient (Wildman–Crippen LogP) is 7.71. The maximum atomic E-state index is 13.6. The van der Waals surface area contributed by atoms with Crippen LogP contribution in [0.5, 0.6) is 0 Å². The van der Waals surface area contributed by atoms with Crippen LogP contribution in [0.25, 0.3) is 0 Å². The van der Waals surface area contributed by atoms with Crippen LogP contribution in [0.15, 0.2) is 36.4 Å². The van der Waals surface area contributed by atoms with Gasteiger partial charge in [0.15, 0.2) is 0 Å². The Morgan fingerprint density at radius 2 is 1.45 bits per heavy atom. The van der Waals surface area contributed by atoms with E-state index in [1.165, 1.54) is 0 Å². The summed E-state index contributed by atoms with van der Waals surface area (Å²) < 4.78 is 127. The summed E-state index contributed by atoms with van der Waals surface area (Å²) in [4.78, 5) is 13.9. The van der Waals surface area contributed by atoms with Crippen LogP contribution < -0.4 is 10.6 Å². The number of rotatable bonds is 4. The van der Waals surface area contributed by atoms with Gasteiger partial charge in [0.25, 0.3) is 0 Å². The van der Waals surface area contributed by atoms with Gasteiger partial charge in [-0.15, -0.1) is 0 Å². The molecule has 0 unspecified atom stereocenters. The Morgan fingerprint density at radius 1 is 0.921 bits per heavy atom. The predicted molar refractivity (Wildman–Crippen MR) is 121 cm³/mol. The first-order valence-electron chi connectivity index (χ1n) is 11.5. The maximum absolute atomic E-state index is 13.6. The molecule has 0 aliphatic carbocycles. The number of carbonyl (C=O) groups excluding carboxylic acids is 1. The molecule has 3 atom stereocenters. The van der Waals surface area contributed by atoms with Crippen molar-refractivity contribution in [2.24, 2.45) is 5.73 Å². The average molecular weight is 556 g/mol. The zero-order valence-electron chi connectivity index (χ0n) is 20.4. The molecule has 0 saturated carbocycles. The summed E-state index contributed by atoms with van der Waals surface area (Å²) in [5, 5.41) is 0. The molecular formula is C25H25F9N2O2. The molecule has 0 spiro atoms. The number of nitrogens with two attached hydrogens (primary N) is 1. The Balaban J connectivity index is 2.24. The standard InChI is InChI=1S/C25H25F9N2O2/c1-12(2)38-22(37)36-13(3)6-18(19-10-15(23(26,27)28)4-5-21(19)36)20(11-35)14-7-16(24(29,30)31)9-17(8-14)25(32,33)34/h4-5,7-10,12-13,18,20H,6,11,35H2,1-3H3/t13-,18+,20-/m1/s1. The fraction of sp³-hybridized carbons (Fsp3) is 0.480. The van der Waals surface area contributed by atoms with Gasteiger partial charge < -0.3 is 10.5 Å². The number of nitrogens with zero attached hydrogens (tertiary/aromatic N) is 1. The number of anilines is 1. The van der Waals surface area contributed by atoms with Gasteiger partial charge in [-0.05, 0) is 87.2 Å². The molecule has 2 N–H and O–H groups in total. The smallest absolute Gasteiger partial charge is 0.416 e. The van der Waals surface area contributed by atoms with Gasteiger partial charge in [0.2, 0.25) is 0 Å². The molecular weight excluding hydrogens is 531 g/mol. The van der Waals surface area contributed by atoms with E-state index in [9.17, 15) is 44.3 Å². The van der Waals surface area contributed by atoms with E-state index >= 15 is 0 Å². The molecule has 0 saturated heterocycles. The molecule has 1 heterocycles. The van der Waals surface area contributed by atoms with Crippen LogP contribution in [0.3, 0.4) is 0 Å². The van der Waals surface area contributed by atoms with Gasteiger partial charge in [-0.3, -0.25) is 4.90 Å². The van der Waals surface area contributed by atoms with Gasteiger partial charge in [0, 0.05) is 12.0 Å². The molecule has 2 aromatic rings. The lowest BCUT2D eigenvalue weighted by atomic mass is 9.74. The summed E-state index contributed by atoms with van der Waals surface area (Å²) in [7, 11) is 0. The highest BCUT2D eigenvalue weighted by atomic mass is 19.4. The Kier molecular flexibility index (Phi) is 8.03. The summed E-state index contributed by atoms with van der Waals surface area (Å²) in [6, 6.07) is 2.85. The van der Waals surface area contributed by atoms with Gasteiger partial charge in [-0.1, -0.05) is 0 Å². The molecule has 2 aromatic carbocycles. The number of ether oxygens (including phenoxy) is 1. The summed E-state index contributed by atoms with van der Waals surface area (Å²) in [6.45, 7) is 4.22. The van der Waals surface area contributed by atoms with Gasteiger partial charge >= 0.3 is 24.6 Å².